The van der Waals surface area contributed by atoms with Gasteiger partial charge in [-0.25, -0.2) is 0 Å². The van der Waals surface area contributed by atoms with Crippen molar-refractivity contribution in [2.45, 2.75) is 45.3 Å². The van der Waals surface area contributed by atoms with Crippen LogP contribution in [0.4, 0.5) is 0 Å². The van der Waals surface area contributed by atoms with Crippen molar-refractivity contribution in [3.63, 3.8) is 0 Å². The number of rotatable bonds is 1. The lowest BCUT2D eigenvalue weighted by molar-refractivity contribution is -0.0855. The SMILES string of the molecule is CCC1OC(C)(C)Cc2c1ccc1ccc(Cl)cc21. The average molecular weight is 275 g/mol. The normalized spacial score (nSPS) is 21.4. The fraction of sp³-hybridized carbons (Fsp3) is 0.412. The fourth-order valence-electron chi connectivity index (χ4n) is 3.09. The van der Waals surface area contributed by atoms with Gasteiger partial charge in [0, 0.05) is 11.4 Å². The Bertz CT molecular complexity index is 630. The summed E-state index contributed by atoms with van der Waals surface area (Å²) in [5, 5.41) is 3.34. The van der Waals surface area contributed by atoms with E-state index in [9.17, 15) is 0 Å². The maximum Gasteiger partial charge on any atom is 0.0832 e. The van der Waals surface area contributed by atoms with Gasteiger partial charge in [-0.1, -0.05) is 36.7 Å². The summed E-state index contributed by atoms with van der Waals surface area (Å²) in [7, 11) is 0. The molecule has 0 aliphatic carbocycles. The lowest BCUT2D eigenvalue weighted by Gasteiger charge is -2.38. The van der Waals surface area contributed by atoms with E-state index in [4.69, 9.17) is 16.3 Å². The summed E-state index contributed by atoms with van der Waals surface area (Å²) in [6.07, 6.45) is 2.14. The predicted molar refractivity (Wildman–Crippen MR) is 80.9 cm³/mol. The highest BCUT2D eigenvalue weighted by Gasteiger charge is 2.32. The van der Waals surface area contributed by atoms with E-state index < -0.39 is 0 Å². The zero-order chi connectivity index (χ0) is 13.6. The standard InChI is InChI=1S/C17H19ClO/c1-4-16-13-8-6-11-5-7-12(18)9-14(11)15(13)10-17(2,3)19-16/h5-9,16H,4,10H2,1-3H3. The summed E-state index contributed by atoms with van der Waals surface area (Å²) in [5.41, 5.74) is 2.63. The van der Waals surface area contributed by atoms with E-state index in [-0.39, 0.29) is 11.7 Å². The summed E-state index contributed by atoms with van der Waals surface area (Å²) in [4.78, 5) is 0. The van der Waals surface area contributed by atoms with E-state index in [1.165, 1.54) is 21.9 Å². The Labute approximate surface area is 119 Å². The largest absolute Gasteiger partial charge is 0.367 e. The van der Waals surface area contributed by atoms with Crippen LogP contribution in [0.15, 0.2) is 30.3 Å². The monoisotopic (exact) mass is 274 g/mol. The molecule has 0 fully saturated rings. The van der Waals surface area contributed by atoms with Crippen molar-refractivity contribution in [1.82, 2.24) is 0 Å². The van der Waals surface area contributed by atoms with Crippen LogP contribution in [0, 0.1) is 0 Å². The van der Waals surface area contributed by atoms with Crippen molar-refractivity contribution in [2.24, 2.45) is 0 Å². The van der Waals surface area contributed by atoms with Crippen molar-refractivity contribution >= 4 is 22.4 Å². The second-order valence-electron chi connectivity index (χ2n) is 5.95. The zero-order valence-corrected chi connectivity index (χ0v) is 12.4. The smallest absolute Gasteiger partial charge is 0.0832 e. The van der Waals surface area contributed by atoms with Gasteiger partial charge in [0.1, 0.15) is 0 Å². The molecule has 0 bridgehead atoms. The van der Waals surface area contributed by atoms with Crippen molar-refractivity contribution in [2.75, 3.05) is 0 Å². The highest BCUT2D eigenvalue weighted by atomic mass is 35.5. The van der Waals surface area contributed by atoms with Gasteiger partial charge in [-0.05, 0) is 54.3 Å². The molecule has 1 atom stereocenters. The molecule has 3 rings (SSSR count). The van der Waals surface area contributed by atoms with Gasteiger partial charge in [0.25, 0.3) is 0 Å². The molecule has 0 radical (unpaired) electrons. The van der Waals surface area contributed by atoms with Crippen LogP contribution < -0.4 is 0 Å². The van der Waals surface area contributed by atoms with Gasteiger partial charge in [0.05, 0.1) is 11.7 Å². The first-order valence-electron chi connectivity index (χ1n) is 6.89. The van der Waals surface area contributed by atoms with E-state index in [1.54, 1.807) is 0 Å². The molecule has 2 aromatic carbocycles. The van der Waals surface area contributed by atoms with E-state index >= 15 is 0 Å². The molecule has 1 unspecified atom stereocenters. The Balaban J connectivity index is 2.27. The van der Waals surface area contributed by atoms with E-state index in [2.05, 4.69) is 45.0 Å². The third-order valence-corrected chi connectivity index (χ3v) is 4.15. The van der Waals surface area contributed by atoms with Crippen LogP contribution in [0.3, 0.4) is 0 Å². The van der Waals surface area contributed by atoms with Gasteiger partial charge in [-0.3, -0.25) is 0 Å². The zero-order valence-electron chi connectivity index (χ0n) is 11.7. The van der Waals surface area contributed by atoms with Crippen molar-refractivity contribution < 1.29 is 4.74 Å². The number of ether oxygens (including phenoxy) is 1. The third-order valence-electron chi connectivity index (χ3n) is 3.91. The van der Waals surface area contributed by atoms with Crippen LogP contribution in [0.5, 0.6) is 0 Å². The molecule has 1 nitrogen and oxygen atoms in total. The van der Waals surface area contributed by atoms with E-state index in [1.807, 2.05) is 6.07 Å². The van der Waals surface area contributed by atoms with Crippen LogP contribution in [0.25, 0.3) is 10.8 Å². The first kappa shape index (κ1) is 13.0. The van der Waals surface area contributed by atoms with Gasteiger partial charge < -0.3 is 4.74 Å². The lowest BCUT2D eigenvalue weighted by atomic mass is 9.84. The summed E-state index contributed by atoms with van der Waals surface area (Å²) in [5.74, 6) is 0. The van der Waals surface area contributed by atoms with Crippen LogP contribution in [0.1, 0.15) is 44.4 Å². The second-order valence-corrected chi connectivity index (χ2v) is 6.39. The minimum absolute atomic E-state index is 0.107. The topological polar surface area (TPSA) is 9.23 Å². The minimum Gasteiger partial charge on any atom is -0.367 e. The Hall–Kier alpha value is -1.05. The summed E-state index contributed by atoms with van der Waals surface area (Å²) < 4.78 is 6.20. The van der Waals surface area contributed by atoms with Gasteiger partial charge in [-0.15, -0.1) is 0 Å². The molecule has 1 heterocycles. The molecule has 100 valence electrons. The lowest BCUT2D eigenvalue weighted by Crippen LogP contribution is -2.34. The molecular weight excluding hydrogens is 256 g/mol. The Morgan fingerprint density at radius 3 is 2.74 bits per heavy atom. The average Bonchev–Trinajstić information content (AvgIpc) is 2.36. The molecule has 0 amide bonds. The van der Waals surface area contributed by atoms with Crippen LogP contribution in [-0.2, 0) is 11.2 Å². The number of hydrogen-bond acceptors (Lipinski definition) is 1. The van der Waals surface area contributed by atoms with Crippen molar-refractivity contribution in [1.29, 1.82) is 0 Å². The number of halogens is 1. The maximum atomic E-state index is 6.20. The molecule has 0 saturated carbocycles. The molecule has 0 N–H and O–H groups in total. The highest BCUT2D eigenvalue weighted by molar-refractivity contribution is 6.31. The quantitative estimate of drug-likeness (QED) is 0.686. The molecule has 0 aromatic heterocycles. The second kappa shape index (κ2) is 4.50. The van der Waals surface area contributed by atoms with Gasteiger partial charge in [0.2, 0.25) is 0 Å². The minimum atomic E-state index is -0.107. The number of fused-ring (bicyclic) bond motifs is 3. The molecule has 0 spiro atoms. The van der Waals surface area contributed by atoms with Crippen LogP contribution >= 0.6 is 11.6 Å². The van der Waals surface area contributed by atoms with Gasteiger partial charge >= 0.3 is 0 Å². The van der Waals surface area contributed by atoms with Gasteiger partial charge in [-0.2, -0.15) is 0 Å². The summed E-state index contributed by atoms with van der Waals surface area (Å²) in [6, 6.07) is 10.5. The molecule has 1 aliphatic heterocycles. The van der Waals surface area contributed by atoms with E-state index in [0.717, 1.165) is 17.9 Å². The first-order chi connectivity index (χ1) is 9.00. The van der Waals surface area contributed by atoms with Crippen molar-refractivity contribution in [3.8, 4) is 0 Å². The highest BCUT2D eigenvalue weighted by Crippen LogP contribution is 2.40. The predicted octanol–water partition coefficient (Wildman–Crippen LogP) is 5.30. The van der Waals surface area contributed by atoms with Gasteiger partial charge in [0.15, 0.2) is 0 Å². The molecule has 2 aromatic rings. The van der Waals surface area contributed by atoms with Crippen LogP contribution in [0.2, 0.25) is 5.02 Å². The maximum absolute atomic E-state index is 6.20. The molecular formula is C17H19ClO. The number of benzene rings is 2. The Morgan fingerprint density at radius 1 is 1.26 bits per heavy atom. The molecule has 0 saturated heterocycles. The number of hydrogen-bond donors (Lipinski definition) is 0. The summed E-state index contributed by atoms with van der Waals surface area (Å²) in [6.45, 7) is 6.52. The van der Waals surface area contributed by atoms with Crippen LogP contribution in [-0.4, -0.2) is 5.60 Å². The molecule has 19 heavy (non-hydrogen) atoms. The first-order valence-corrected chi connectivity index (χ1v) is 7.27. The fourth-order valence-corrected chi connectivity index (χ4v) is 3.26. The molecule has 2 heteroatoms. The Kier molecular flexibility index (Phi) is 3.07. The Morgan fingerprint density at radius 2 is 2.00 bits per heavy atom. The molecule has 1 aliphatic rings. The van der Waals surface area contributed by atoms with Crippen molar-refractivity contribution in [3.05, 3.63) is 46.5 Å². The van der Waals surface area contributed by atoms with E-state index in [0.29, 0.717) is 0 Å². The third kappa shape index (κ3) is 2.26. The summed E-state index contributed by atoms with van der Waals surface area (Å²) >= 11 is 6.17.